The summed E-state index contributed by atoms with van der Waals surface area (Å²) in [5.41, 5.74) is 0.956. The standard InChI is InChI=1S/C24H30N2O5S/c1-16(2)11-25-12-20(31-15-18-6-5-7-19(10-18)30-4)13-26(14-23(25)28)24(29)22-9-8-21(32-22)17(3)27/h5-10,16,20H,11-15H2,1-4H3. The van der Waals surface area contributed by atoms with Crippen LogP contribution in [-0.4, -0.2) is 66.8 Å². The minimum Gasteiger partial charge on any atom is -0.497 e. The average molecular weight is 459 g/mol. The van der Waals surface area contributed by atoms with Crippen molar-refractivity contribution in [1.82, 2.24) is 9.80 Å². The van der Waals surface area contributed by atoms with Crippen LogP contribution < -0.4 is 4.74 Å². The number of carbonyl (C=O) groups is 3. The fourth-order valence-electron chi connectivity index (χ4n) is 3.63. The molecule has 0 saturated carbocycles. The molecule has 0 spiro atoms. The van der Waals surface area contributed by atoms with E-state index in [1.165, 1.54) is 11.8 Å². The Balaban J connectivity index is 1.77. The molecule has 172 valence electrons. The number of thiophene rings is 1. The van der Waals surface area contributed by atoms with Crippen molar-refractivity contribution in [2.24, 2.45) is 5.92 Å². The topological polar surface area (TPSA) is 76.2 Å². The fraction of sp³-hybridized carbons (Fsp3) is 0.458. The van der Waals surface area contributed by atoms with Crippen molar-refractivity contribution < 1.29 is 23.9 Å². The fourth-order valence-corrected chi connectivity index (χ4v) is 4.50. The molecular weight excluding hydrogens is 428 g/mol. The molecule has 0 radical (unpaired) electrons. The molecule has 1 aliphatic heterocycles. The lowest BCUT2D eigenvalue weighted by molar-refractivity contribution is -0.132. The molecule has 2 heterocycles. The van der Waals surface area contributed by atoms with Gasteiger partial charge in [0.05, 0.1) is 29.6 Å². The first-order valence-electron chi connectivity index (χ1n) is 10.7. The molecule has 0 N–H and O–H groups in total. The number of rotatable bonds is 8. The lowest BCUT2D eigenvalue weighted by Gasteiger charge is -2.26. The summed E-state index contributed by atoms with van der Waals surface area (Å²) in [6.07, 6.45) is -0.331. The van der Waals surface area contributed by atoms with Crippen LogP contribution in [0, 0.1) is 5.92 Å². The summed E-state index contributed by atoms with van der Waals surface area (Å²) in [5, 5.41) is 0. The molecule has 1 unspecified atom stereocenters. The summed E-state index contributed by atoms with van der Waals surface area (Å²) in [4.78, 5) is 42.0. The van der Waals surface area contributed by atoms with Gasteiger partial charge in [0.15, 0.2) is 5.78 Å². The number of ketones is 1. The van der Waals surface area contributed by atoms with Gasteiger partial charge in [-0.3, -0.25) is 14.4 Å². The smallest absolute Gasteiger partial charge is 0.264 e. The first kappa shape index (κ1) is 23.9. The summed E-state index contributed by atoms with van der Waals surface area (Å²) >= 11 is 1.16. The number of ether oxygens (including phenoxy) is 2. The number of hydrogen-bond donors (Lipinski definition) is 0. The highest BCUT2D eigenvalue weighted by Gasteiger charge is 2.32. The number of methoxy groups -OCH3 is 1. The number of hydrogen-bond acceptors (Lipinski definition) is 6. The van der Waals surface area contributed by atoms with Crippen LogP contribution in [0.15, 0.2) is 36.4 Å². The van der Waals surface area contributed by atoms with Crippen LogP contribution in [0.5, 0.6) is 5.75 Å². The highest BCUT2D eigenvalue weighted by Crippen LogP contribution is 2.21. The lowest BCUT2D eigenvalue weighted by atomic mass is 10.2. The zero-order valence-corrected chi connectivity index (χ0v) is 19.8. The maximum Gasteiger partial charge on any atom is 0.264 e. The summed E-state index contributed by atoms with van der Waals surface area (Å²) in [6.45, 7) is 7.27. The summed E-state index contributed by atoms with van der Waals surface area (Å²) in [7, 11) is 1.62. The molecule has 0 bridgehead atoms. The molecule has 1 aromatic heterocycles. The number of carbonyl (C=O) groups excluding carboxylic acids is 3. The minimum absolute atomic E-state index is 0.00211. The van der Waals surface area contributed by atoms with Gasteiger partial charge in [-0.05, 0) is 42.7 Å². The van der Waals surface area contributed by atoms with Gasteiger partial charge in [0.2, 0.25) is 5.91 Å². The molecule has 2 amide bonds. The monoisotopic (exact) mass is 458 g/mol. The summed E-state index contributed by atoms with van der Waals surface area (Å²) in [5.74, 6) is 0.624. The quantitative estimate of drug-likeness (QED) is 0.566. The van der Waals surface area contributed by atoms with Crippen LogP contribution in [0.3, 0.4) is 0 Å². The number of benzene rings is 1. The molecule has 1 saturated heterocycles. The molecule has 1 fully saturated rings. The van der Waals surface area contributed by atoms with Crippen LogP contribution in [0.4, 0.5) is 0 Å². The van der Waals surface area contributed by atoms with E-state index < -0.39 is 0 Å². The molecule has 32 heavy (non-hydrogen) atoms. The molecule has 1 aliphatic rings. The maximum absolute atomic E-state index is 13.1. The second kappa shape index (κ2) is 10.7. The van der Waals surface area contributed by atoms with E-state index in [0.29, 0.717) is 41.9 Å². The van der Waals surface area contributed by atoms with E-state index in [4.69, 9.17) is 9.47 Å². The van der Waals surface area contributed by atoms with E-state index in [9.17, 15) is 14.4 Å². The third-order valence-corrected chi connectivity index (χ3v) is 6.36. The van der Waals surface area contributed by atoms with Gasteiger partial charge in [0.1, 0.15) is 12.3 Å². The molecule has 1 aromatic carbocycles. The summed E-state index contributed by atoms with van der Waals surface area (Å²) < 4.78 is 11.4. The molecular formula is C24H30N2O5S. The normalized spacial score (nSPS) is 16.9. The van der Waals surface area contributed by atoms with Crippen LogP contribution >= 0.6 is 11.3 Å². The maximum atomic E-state index is 13.1. The van der Waals surface area contributed by atoms with E-state index in [-0.39, 0.29) is 30.2 Å². The van der Waals surface area contributed by atoms with Gasteiger partial charge in [-0.1, -0.05) is 26.0 Å². The average Bonchev–Trinajstić information content (AvgIpc) is 3.20. The molecule has 0 aliphatic carbocycles. The van der Waals surface area contributed by atoms with Crippen molar-refractivity contribution in [2.45, 2.75) is 33.5 Å². The van der Waals surface area contributed by atoms with Gasteiger partial charge in [0.25, 0.3) is 5.91 Å². The van der Waals surface area contributed by atoms with Gasteiger partial charge in [0, 0.05) is 19.6 Å². The molecule has 3 rings (SSSR count). The van der Waals surface area contributed by atoms with Crippen molar-refractivity contribution in [3.63, 3.8) is 0 Å². The van der Waals surface area contributed by atoms with Crippen LogP contribution in [-0.2, 0) is 16.1 Å². The predicted molar refractivity (Wildman–Crippen MR) is 123 cm³/mol. The van der Waals surface area contributed by atoms with Gasteiger partial charge in [-0.2, -0.15) is 0 Å². The predicted octanol–water partition coefficient (Wildman–Crippen LogP) is 3.49. The van der Waals surface area contributed by atoms with Crippen molar-refractivity contribution in [1.29, 1.82) is 0 Å². The zero-order chi connectivity index (χ0) is 23.3. The van der Waals surface area contributed by atoms with E-state index in [2.05, 4.69) is 13.8 Å². The Labute approximate surface area is 192 Å². The first-order valence-corrected chi connectivity index (χ1v) is 11.5. The Morgan fingerprint density at radius 1 is 1.16 bits per heavy atom. The van der Waals surface area contributed by atoms with Crippen LogP contribution in [0.2, 0.25) is 0 Å². The highest BCUT2D eigenvalue weighted by atomic mass is 32.1. The Morgan fingerprint density at radius 2 is 1.91 bits per heavy atom. The Bertz CT molecular complexity index is 971. The molecule has 1 atom stereocenters. The molecule has 8 heteroatoms. The van der Waals surface area contributed by atoms with Crippen molar-refractivity contribution in [3.8, 4) is 5.75 Å². The number of amides is 2. The second-order valence-electron chi connectivity index (χ2n) is 8.38. The minimum atomic E-state index is -0.331. The van der Waals surface area contributed by atoms with Crippen LogP contribution in [0.25, 0.3) is 0 Å². The largest absolute Gasteiger partial charge is 0.497 e. The van der Waals surface area contributed by atoms with E-state index in [0.717, 1.165) is 22.6 Å². The third kappa shape index (κ3) is 6.17. The zero-order valence-electron chi connectivity index (χ0n) is 19.0. The lowest BCUT2D eigenvalue weighted by Crippen LogP contribution is -2.40. The van der Waals surface area contributed by atoms with Gasteiger partial charge in [-0.15, -0.1) is 11.3 Å². The molecule has 7 nitrogen and oxygen atoms in total. The second-order valence-corrected chi connectivity index (χ2v) is 9.47. The highest BCUT2D eigenvalue weighted by molar-refractivity contribution is 7.15. The first-order chi connectivity index (χ1) is 15.3. The Kier molecular flexibility index (Phi) is 8.04. The van der Waals surface area contributed by atoms with Gasteiger partial charge in [-0.25, -0.2) is 0 Å². The van der Waals surface area contributed by atoms with Crippen molar-refractivity contribution in [2.75, 3.05) is 33.3 Å². The van der Waals surface area contributed by atoms with Gasteiger partial charge < -0.3 is 19.3 Å². The third-order valence-electron chi connectivity index (χ3n) is 5.18. The van der Waals surface area contributed by atoms with E-state index in [1.54, 1.807) is 24.1 Å². The molecule has 2 aromatic rings. The van der Waals surface area contributed by atoms with Crippen molar-refractivity contribution >= 4 is 28.9 Å². The SMILES string of the molecule is COc1cccc(COC2CN(CC(C)C)C(=O)CN(C(=O)c3ccc(C(C)=O)s3)C2)c1. The number of Topliss-reactive ketones (excluding diaryl/α,β-unsaturated/α-hetero) is 1. The Morgan fingerprint density at radius 3 is 2.56 bits per heavy atom. The van der Waals surface area contributed by atoms with Crippen molar-refractivity contribution in [3.05, 3.63) is 51.7 Å². The van der Waals surface area contributed by atoms with E-state index >= 15 is 0 Å². The summed E-state index contributed by atoms with van der Waals surface area (Å²) in [6, 6.07) is 10.9. The van der Waals surface area contributed by atoms with E-state index in [1.807, 2.05) is 24.3 Å². The number of nitrogens with zero attached hydrogens (tertiary/aromatic N) is 2. The Hall–Kier alpha value is -2.71. The van der Waals surface area contributed by atoms with Crippen LogP contribution in [0.1, 0.15) is 45.7 Å². The van der Waals surface area contributed by atoms with Gasteiger partial charge >= 0.3 is 0 Å².